The minimum atomic E-state index is -3.68. The quantitative estimate of drug-likeness (QED) is 0.261. The smallest absolute Gasteiger partial charge is 0.260 e. The molecule has 0 aromatic heterocycles. The third-order valence-corrected chi connectivity index (χ3v) is 7.01. The number of rotatable bonds is 12. The largest absolute Gasteiger partial charge is 0.484 e. The second-order valence-electron chi connectivity index (χ2n) is 9.37. The predicted octanol–water partition coefficient (Wildman–Crippen LogP) is 3.98. The standard InChI is InChI=1S/C29H34N4O5S/c1-21(2)24-12-14-26(15-13-24)33(39(4,36)37)19-28(34)32-30-18-23-10-16-27(17-11-23)38-20-29(35)31-22(3)25-8-6-5-7-9-25/h5-18,21-22H,19-20H2,1-4H3,(H,31,35)(H,32,34)/b30-18-/t22-/m0/s1. The third kappa shape index (κ3) is 9.26. The molecule has 0 aliphatic carbocycles. The van der Waals surface area contributed by atoms with Gasteiger partial charge in [0.2, 0.25) is 10.0 Å². The molecule has 0 saturated heterocycles. The van der Waals surface area contributed by atoms with E-state index in [4.69, 9.17) is 4.74 Å². The number of hydrogen-bond donors (Lipinski definition) is 2. The molecule has 206 valence electrons. The molecule has 3 aromatic rings. The SMILES string of the molecule is CC(C)c1ccc(N(CC(=O)N/N=C\c2ccc(OCC(=O)N[C@@H](C)c3ccccc3)cc2)S(C)(=O)=O)cc1. The van der Waals surface area contributed by atoms with Gasteiger partial charge in [0.15, 0.2) is 6.61 Å². The number of anilines is 1. The molecule has 9 nitrogen and oxygen atoms in total. The van der Waals surface area contributed by atoms with Crippen LogP contribution in [-0.4, -0.2) is 45.9 Å². The van der Waals surface area contributed by atoms with Crippen LogP contribution in [-0.2, 0) is 19.6 Å². The molecular weight excluding hydrogens is 516 g/mol. The zero-order valence-electron chi connectivity index (χ0n) is 22.5. The number of hydrazone groups is 1. The van der Waals surface area contributed by atoms with E-state index in [1.165, 1.54) is 6.21 Å². The Labute approximate surface area is 229 Å². The second kappa shape index (κ2) is 13.6. The summed E-state index contributed by atoms with van der Waals surface area (Å²) in [5.41, 5.74) is 5.51. The Morgan fingerprint density at radius 2 is 1.54 bits per heavy atom. The number of ether oxygens (including phenoxy) is 1. The van der Waals surface area contributed by atoms with E-state index in [-0.39, 0.29) is 18.6 Å². The number of carbonyl (C=O) groups excluding carboxylic acids is 2. The molecule has 3 aromatic carbocycles. The number of carbonyl (C=O) groups is 2. The first kappa shape index (κ1) is 29.4. The van der Waals surface area contributed by atoms with Crippen molar-refractivity contribution in [1.29, 1.82) is 0 Å². The minimum Gasteiger partial charge on any atom is -0.484 e. The van der Waals surface area contributed by atoms with Crippen molar-refractivity contribution in [2.45, 2.75) is 32.7 Å². The topological polar surface area (TPSA) is 117 Å². The van der Waals surface area contributed by atoms with Crippen LogP contribution in [0.2, 0.25) is 0 Å². The van der Waals surface area contributed by atoms with Gasteiger partial charge >= 0.3 is 0 Å². The molecule has 39 heavy (non-hydrogen) atoms. The molecule has 0 bridgehead atoms. The normalized spacial score (nSPS) is 12.2. The van der Waals surface area contributed by atoms with Gasteiger partial charge in [0.05, 0.1) is 24.2 Å². The Hall–Kier alpha value is -4.18. The van der Waals surface area contributed by atoms with E-state index < -0.39 is 22.5 Å². The third-order valence-electron chi connectivity index (χ3n) is 5.87. The van der Waals surface area contributed by atoms with E-state index in [0.29, 0.717) is 22.9 Å². The lowest BCUT2D eigenvalue weighted by molar-refractivity contribution is -0.123. The van der Waals surface area contributed by atoms with Crippen LogP contribution in [0, 0.1) is 0 Å². The van der Waals surface area contributed by atoms with Gasteiger partial charge in [-0.2, -0.15) is 5.10 Å². The molecule has 0 spiro atoms. The fourth-order valence-electron chi connectivity index (χ4n) is 3.68. The van der Waals surface area contributed by atoms with Gasteiger partial charge < -0.3 is 10.1 Å². The molecule has 0 saturated carbocycles. The van der Waals surface area contributed by atoms with Crippen LogP contribution >= 0.6 is 0 Å². The molecule has 2 amide bonds. The van der Waals surface area contributed by atoms with E-state index >= 15 is 0 Å². The summed E-state index contributed by atoms with van der Waals surface area (Å²) in [6.07, 6.45) is 2.48. The average Bonchev–Trinajstić information content (AvgIpc) is 2.91. The maximum Gasteiger partial charge on any atom is 0.260 e. The van der Waals surface area contributed by atoms with Crippen LogP contribution in [0.5, 0.6) is 5.75 Å². The van der Waals surface area contributed by atoms with E-state index in [1.54, 1.807) is 36.4 Å². The number of nitrogens with zero attached hydrogens (tertiary/aromatic N) is 2. The van der Waals surface area contributed by atoms with Gasteiger partial charge in [0.25, 0.3) is 11.8 Å². The highest BCUT2D eigenvalue weighted by molar-refractivity contribution is 7.92. The van der Waals surface area contributed by atoms with Gasteiger partial charge in [-0.05, 0) is 65.9 Å². The van der Waals surface area contributed by atoms with Crippen LogP contribution in [0.4, 0.5) is 5.69 Å². The first-order chi connectivity index (χ1) is 18.5. The molecule has 0 radical (unpaired) electrons. The highest BCUT2D eigenvalue weighted by atomic mass is 32.2. The van der Waals surface area contributed by atoms with Crippen molar-refractivity contribution in [3.63, 3.8) is 0 Å². The van der Waals surface area contributed by atoms with Gasteiger partial charge in [0, 0.05) is 0 Å². The molecule has 0 heterocycles. The molecule has 1 atom stereocenters. The summed E-state index contributed by atoms with van der Waals surface area (Å²) in [7, 11) is -3.68. The van der Waals surface area contributed by atoms with Gasteiger partial charge in [-0.15, -0.1) is 0 Å². The van der Waals surface area contributed by atoms with Crippen LogP contribution < -0.4 is 19.8 Å². The molecular formula is C29H34N4O5S. The molecule has 0 aliphatic heterocycles. The Balaban J connectivity index is 1.49. The van der Waals surface area contributed by atoms with Crippen molar-refractivity contribution in [2.75, 3.05) is 23.7 Å². The Morgan fingerprint density at radius 3 is 2.13 bits per heavy atom. The van der Waals surface area contributed by atoms with Crippen molar-refractivity contribution in [2.24, 2.45) is 5.10 Å². The zero-order valence-corrected chi connectivity index (χ0v) is 23.3. The highest BCUT2D eigenvalue weighted by Gasteiger charge is 2.21. The summed E-state index contributed by atoms with van der Waals surface area (Å²) in [6.45, 7) is 5.46. The highest BCUT2D eigenvalue weighted by Crippen LogP contribution is 2.22. The maximum absolute atomic E-state index is 12.4. The van der Waals surface area contributed by atoms with Gasteiger partial charge in [-0.3, -0.25) is 13.9 Å². The summed E-state index contributed by atoms with van der Waals surface area (Å²) < 4.78 is 31.2. The first-order valence-corrected chi connectivity index (χ1v) is 14.3. The Bertz CT molecular complexity index is 1370. The van der Waals surface area contributed by atoms with Crippen molar-refractivity contribution in [1.82, 2.24) is 10.7 Å². The lowest BCUT2D eigenvalue weighted by Crippen LogP contribution is -2.39. The summed E-state index contributed by atoms with van der Waals surface area (Å²) in [6, 6.07) is 23.4. The lowest BCUT2D eigenvalue weighted by atomic mass is 10.0. The van der Waals surface area contributed by atoms with Crippen molar-refractivity contribution < 1.29 is 22.7 Å². The van der Waals surface area contributed by atoms with Gasteiger partial charge in [0.1, 0.15) is 12.3 Å². The molecule has 10 heteroatoms. The number of nitrogens with one attached hydrogen (secondary N) is 2. The van der Waals surface area contributed by atoms with E-state index in [1.807, 2.05) is 63.2 Å². The van der Waals surface area contributed by atoms with E-state index in [0.717, 1.165) is 21.7 Å². The summed E-state index contributed by atoms with van der Waals surface area (Å²) in [5.74, 6) is -0.0118. The first-order valence-electron chi connectivity index (χ1n) is 12.5. The summed E-state index contributed by atoms with van der Waals surface area (Å²) >= 11 is 0. The number of benzene rings is 3. The monoisotopic (exact) mass is 550 g/mol. The minimum absolute atomic E-state index is 0.127. The molecule has 3 rings (SSSR count). The van der Waals surface area contributed by atoms with Crippen LogP contribution in [0.1, 0.15) is 49.4 Å². The fourth-order valence-corrected chi connectivity index (χ4v) is 4.53. The predicted molar refractivity (Wildman–Crippen MR) is 153 cm³/mol. The lowest BCUT2D eigenvalue weighted by Gasteiger charge is -2.21. The average molecular weight is 551 g/mol. The summed E-state index contributed by atoms with van der Waals surface area (Å²) in [4.78, 5) is 24.6. The number of hydrogen-bond acceptors (Lipinski definition) is 6. The van der Waals surface area contributed by atoms with Crippen molar-refractivity contribution >= 4 is 33.7 Å². The maximum atomic E-state index is 12.4. The van der Waals surface area contributed by atoms with Gasteiger partial charge in [-0.1, -0.05) is 56.3 Å². The Kier molecular flexibility index (Phi) is 10.2. The Morgan fingerprint density at radius 1 is 0.897 bits per heavy atom. The van der Waals surface area contributed by atoms with Gasteiger partial charge in [-0.25, -0.2) is 13.8 Å². The molecule has 0 unspecified atom stereocenters. The zero-order chi connectivity index (χ0) is 28.4. The molecule has 0 fully saturated rings. The number of amides is 2. The fraction of sp³-hybridized carbons (Fsp3) is 0.276. The van der Waals surface area contributed by atoms with Crippen LogP contribution in [0.3, 0.4) is 0 Å². The van der Waals surface area contributed by atoms with E-state index in [9.17, 15) is 18.0 Å². The van der Waals surface area contributed by atoms with Crippen LogP contribution in [0.25, 0.3) is 0 Å². The second-order valence-corrected chi connectivity index (χ2v) is 11.3. The number of sulfonamides is 1. The van der Waals surface area contributed by atoms with Crippen molar-refractivity contribution in [3.05, 3.63) is 95.6 Å². The van der Waals surface area contributed by atoms with E-state index in [2.05, 4.69) is 15.8 Å². The van der Waals surface area contributed by atoms with Crippen molar-refractivity contribution in [3.8, 4) is 5.75 Å². The van der Waals surface area contributed by atoms with Crippen LogP contribution in [0.15, 0.2) is 84.0 Å². The molecule has 2 N–H and O–H groups in total. The summed E-state index contributed by atoms with van der Waals surface area (Å²) in [5, 5.41) is 6.81. The molecule has 0 aliphatic rings.